The van der Waals surface area contributed by atoms with Crippen molar-refractivity contribution in [3.63, 3.8) is 0 Å². The van der Waals surface area contributed by atoms with E-state index >= 15 is 0 Å². The van der Waals surface area contributed by atoms with E-state index in [1.807, 2.05) is 6.26 Å². The minimum Gasteiger partial charge on any atom is -0.481 e. The van der Waals surface area contributed by atoms with E-state index in [4.69, 9.17) is 10.2 Å². The van der Waals surface area contributed by atoms with E-state index in [1.165, 1.54) is 11.8 Å². The average Bonchev–Trinajstić information content (AvgIpc) is 3.20. The molecule has 1 aliphatic heterocycles. The lowest BCUT2D eigenvalue weighted by Gasteiger charge is -2.20. The van der Waals surface area contributed by atoms with Crippen molar-refractivity contribution in [2.75, 3.05) is 25.1 Å². The van der Waals surface area contributed by atoms with Crippen molar-refractivity contribution < 1.29 is 34.2 Å². The summed E-state index contributed by atoms with van der Waals surface area (Å²) in [5.74, 6) is -3.49. The summed E-state index contributed by atoms with van der Waals surface area (Å²) in [6.07, 6.45) is 3.13. The summed E-state index contributed by atoms with van der Waals surface area (Å²) in [4.78, 5) is 58.3. The Labute approximate surface area is 172 Å². The number of rotatable bonds is 13. The predicted molar refractivity (Wildman–Crippen MR) is 105 cm³/mol. The zero-order valence-corrected chi connectivity index (χ0v) is 17.0. The smallest absolute Gasteiger partial charge is 0.326 e. The summed E-state index contributed by atoms with van der Waals surface area (Å²) in [5, 5.41) is 28.0. The van der Waals surface area contributed by atoms with Gasteiger partial charge in [0.1, 0.15) is 12.1 Å². The van der Waals surface area contributed by atoms with Gasteiger partial charge in [0.05, 0.1) is 12.6 Å². The highest BCUT2D eigenvalue weighted by molar-refractivity contribution is 7.98. The van der Waals surface area contributed by atoms with Crippen LogP contribution in [0.15, 0.2) is 0 Å². The molecule has 1 aliphatic rings. The summed E-state index contributed by atoms with van der Waals surface area (Å²) in [7, 11) is 0. The van der Waals surface area contributed by atoms with Crippen molar-refractivity contribution >= 4 is 41.4 Å². The summed E-state index contributed by atoms with van der Waals surface area (Å²) >= 11 is 1.51. The van der Waals surface area contributed by atoms with Gasteiger partial charge in [0, 0.05) is 6.42 Å². The molecule has 1 rings (SSSR count). The number of carbonyl (C=O) groups is 5. The van der Waals surface area contributed by atoms with E-state index in [1.54, 1.807) is 0 Å². The van der Waals surface area contributed by atoms with Gasteiger partial charge < -0.3 is 31.5 Å². The van der Waals surface area contributed by atoms with Crippen LogP contribution in [0.3, 0.4) is 0 Å². The highest BCUT2D eigenvalue weighted by Crippen LogP contribution is 2.07. The number of hydrogen-bond acceptors (Lipinski definition) is 7. The number of aliphatic carboxylic acids is 2. The van der Waals surface area contributed by atoms with Crippen LogP contribution in [-0.4, -0.2) is 83.1 Å². The van der Waals surface area contributed by atoms with Gasteiger partial charge in [0.2, 0.25) is 17.7 Å². The van der Waals surface area contributed by atoms with Crippen molar-refractivity contribution in [1.29, 1.82) is 0 Å². The van der Waals surface area contributed by atoms with Crippen LogP contribution in [0.25, 0.3) is 0 Å². The van der Waals surface area contributed by atoms with Crippen molar-refractivity contribution in [3.05, 3.63) is 0 Å². The molecule has 1 heterocycles. The van der Waals surface area contributed by atoms with Crippen LogP contribution in [0.2, 0.25) is 0 Å². The van der Waals surface area contributed by atoms with Crippen LogP contribution < -0.4 is 21.3 Å². The van der Waals surface area contributed by atoms with Gasteiger partial charge >= 0.3 is 11.9 Å². The van der Waals surface area contributed by atoms with Gasteiger partial charge in [-0.25, -0.2) is 4.79 Å². The Morgan fingerprint density at radius 3 is 2.38 bits per heavy atom. The molecule has 0 radical (unpaired) electrons. The molecule has 0 aliphatic carbocycles. The van der Waals surface area contributed by atoms with Gasteiger partial charge in [-0.2, -0.15) is 11.8 Å². The number of hydrogen-bond donors (Lipinski definition) is 6. The monoisotopic (exact) mass is 432 g/mol. The molecule has 0 aromatic rings. The first-order chi connectivity index (χ1) is 13.7. The maximum atomic E-state index is 12.4. The molecule has 6 N–H and O–H groups in total. The topological polar surface area (TPSA) is 174 Å². The Morgan fingerprint density at radius 2 is 1.83 bits per heavy atom. The Kier molecular flexibility index (Phi) is 11.1. The SMILES string of the molecule is CSCCC(NC(=O)C1CCCN1)C(=O)NCC(=O)NC(CCC(=O)O)C(=O)O. The highest BCUT2D eigenvalue weighted by atomic mass is 32.2. The van der Waals surface area contributed by atoms with Crippen molar-refractivity contribution in [1.82, 2.24) is 21.3 Å². The zero-order valence-electron chi connectivity index (χ0n) is 16.2. The number of amides is 3. The number of thioether (sulfide) groups is 1. The standard InChI is InChI=1S/C17H28N4O7S/c1-29-8-6-11(21-16(26)10-3-2-7-18-10)15(25)19-9-13(22)20-12(17(27)28)4-5-14(23)24/h10-12,18H,2-9H2,1H3,(H,19,25)(H,20,22)(H,21,26)(H,23,24)(H,27,28). The molecule has 29 heavy (non-hydrogen) atoms. The molecule has 1 fully saturated rings. The van der Waals surface area contributed by atoms with Crippen LogP contribution in [0, 0.1) is 0 Å². The first-order valence-electron chi connectivity index (χ1n) is 9.29. The first kappa shape index (κ1) is 24.7. The molecule has 1 saturated heterocycles. The Bertz CT molecular complexity index is 611. The number of nitrogens with one attached hydrogen (secondary N) is 4. The van der Waals surface area contributed by atoms with E-state index < -0.39 is 48.8 Å². The second-order valence-corrected chi connectivity index (χ2v) is 7.59. The van der Waals surface area contributed by atoms with E-state index in [0.29, 0.717) is 18.6 Å². The number of carbonyl (C=O) groups excluding carboxylic acids is 3. The summed E-state index contributed by atoms with van der Waals surface area (Å²) in [6, 6.07) is -2.52. The van der Waals surface area contributed by atoms with Gasteiger partial charge in [-0.05, 0) is 44.2 Å². The molecular weight excluding hydrogens is 404 g/mol. The molecule has 3 atom stereocenters. The lowest BCUT2D eigenvalue weighted by molar-refractivity contribution is -0.143. The lowest BCUT2D eigenvalue weighted by atomic mass is 10.1. The second kappa shape index (κ2) is 13.0. The van der Waals surface area contributed by atoms with E-state index in [9.17, 15) is 24.0 Å². The van der Waals surface area contributed by atoms with Gasteiger partial charge in [0.15, 0.2) is 0 Å². The van der Waals surface area contributed by atoms with E-state index in [0.717, 1.165) is 13.0 Å². The highest BCUT2D eigenvalue weighted by Gasteiger charge is 2.27. The summed E-state index contributed by atoms with van der Waals surface area (Å²) < 4.78 is 0. The molecule has 164 valence electrons. The maximum Gasteiger partial charge on any atom is 0.326 e. The third kappa shape index (κ3) is 9.61. The molecule has 0 aromatic heterocycles. The third-order valence-corrected chi connectivity index (χ3v) is 4.97. The maximum absolute atomic E-state index is 12.4. The van der Waals surface area contributed by atoms with Crippen LogP contribution in [0.1, 0.15) is 32.1 Å². The van der Waals surface area contributed by atoms with Gasteiger partial charge in [-0.1, -0.05) is 0 Å². The fourth-order valence-corrected chi connectivity index (χ4v) is 3.22. The van der Waals surface area contributed by atoms with Gasteiger partial charge in [0.25, 0.3) is 0 Å². The van der Waals surface area contributed by atoms with Crippen molar-refractivity contribution in [3.8, 4) is 0 Å². The average molecular weight is 432 g/mol. The summed E-state index contributed by atoms with van der Waals surface area (Å²) in [6.45, 7) is 0.259. The molecular formula is C17H28N4O7S. The molecule has 12 heteroatoms. The predicted octanol–water partition coefficient (Wildman–Crippen LogP) is -1.47. The van der Waals surface area contributed by atoms with E-state index in [2.05, 4.69) is 21.3 Å². The van der Waals surface area contributed by atoms with Crippen LogP contribution >= 0.6 is 11.8 Å². The van der Waals surface area contributed by atoms with Crippen molar-refractivity contribution in [2.24, 2.45) is 0 Å². The fourth-order valence-electron chi connectivity index (χ4n) is 2.75. The quantitative estimate of drug-likeness (QED) is 0.203. The number of carboxylic acids is 2. The molecule has 3 unspecified atom stereocenters. The zero-order chi connectivity index (χ0) is 21.8. The van der Waals surface area contributed by atoms with Crippen molar-refractivity contribution in [2.45, 2.75) is 50.2 Å². The van der Waals surface area contributed by atoms with Crippen LogP contribution in [0.4, 0.5) is 0 Å². The normalized spacial score (nSPS) is 17.8. The fraction of sp³-hybridized carbons (Fsp3) is 0.706. The number of carboxylic acid groups (broad SMARTS) is 2. The Balaban J connectivity index is 2.54. The van der Waals surface area contributed by atoms with Gasteiger partial charge in [-0.15, -0.1) is 0 Å². The molecule has 0 bridgehead atoms. The molecule has 3 amide bonds. The third-order valence-electron chi connectivity index (χ3n) is 4.32. The lowest BCUT2D eigenvalue weighted by Crippen LogP contribution is -2.53. The molecule has 0 saturated carbocycles. The molecule has 11 nitrogen and oxygen atoms in total. The molecule has 0 aromatic carbocycles. The summed E-state index contributed by atoms with van der Waals surface area (Å²) in [5.41, 5.74) is 0. The van der Waals surface area contributed by atoms with Gasteiger partial charge in [-0.3, -0.25) is 19.2 Å². The largest absolute Gasteiger partial charge is 0.481 e. The first-order valence-corrected chi connectivity index (χ1v) is 10.7. The van der Waals surface area contributed by atoms with E-state index in [-0.39, 0.29) is 18.4 Å². The van der Waals surface area contributed by atoms with Crippen LogP contribution in [-0.2, 0) is 24.0 Å². The molecule has 0 spiro atoms. The van der Waals surface area contributed by atoms with Crippen LogP contribution in [0.5, 0.6) is 0 Å². The minimum absolute atomic E-state index is 0.271. The second-order valence-electron chi connectivity index (χ2n) is 6.60. The minimum atomic E-state index is -1.36. The Hall–Kier alpha value is -2.34. The Morgan fingerprint density at radius 1 is 1.10 bits per heavy atom.